The summed E-state index contributed by atoms with van der Waals surface area (Å²) in [6, 6.07) is 11.3. The van der Waals surface area contributed by atoms with E-state index in [-0.39, 0.29) is 5.56 Å². The number of thioether (sulfide) groups is 1. The molecule has 4 heteroatoms. The zero-order valence-electron chi connectivity index (χ0n) is 8.46. The van der Waals surface area contributed by atoms with E-state index >= 15 is 0 Å². The van der Waals surface area contributed by atoms with Crippen LogP contribution in [0, 0.1) is 0 Å². The third-order valence-corrected chi connectivity index (χ3v) is 2.59. The fourth-order valence-electron chi connectivity index (χ4n) is 1.15. The Morgan fingerprint density at radius 3 is 2.75 bits per heavy atom. The molecule has 80 valence electrons. The van der Waals surface area contributed by atoms with E-state index in [0.717, 1.165) is 5.56 Å². The fraction of sp³-hybridized carbons (Fsp3) is 0. The molecule has 1 N–H and O–H groups in total. The molecular formula is C12H10N2OS. The summed E-state index contributed by atoms with van der Waals surface area (Å²) in [6.45, 7) is 0. The Hall–Kier alpha value is -1.81. The molecule has 2 aromatic rings. The summed E-state index contributed by atoms with van der Waals surface area (Å²) in [5.74, 6) is 0. The zero-order chi connectivity index (χ0) is 11.2. The molecule has 0 spiro atoms. The topological polar surface area (TPSA) is 45.8 Å². The number of nitrogens with one attached hydrogen (secondary N) is 1. The number of H-pyrrole nitrogens is 1. The van der Waals surface area contributed by atoms with Gasteiger partial charge >= 0.3 is 0 Å². The normalized spacial score (nSPS) is 10.8. The van der Waals surface area contributed by atoms with Crippen molar-refractivity contribution < 1.29 is 0 Å². The van der Waals surface area contributed by atoms with Crippen molar-refractivity contribution >= 4 is 17.8 Å². The SMILES string of the molecule is O=c1ccnc(S/C=C\c2ccccc2)[nH]1. The summed E-state index contributed by atoms with van der Waals surface area (Å²) in [7, 11) is 0. The third-order valence-electron chi connectivity index (χ3n) is 1.89. The van der Waals surface area contributed by atoms with Gasteiger partial charge in [-0.05, 0) is 17.0 Å². The molecule has 0 saturated carbocycles. The Morgan fingerprint density at radius 2 is 2.00 bits per heavy atom. The smallest absolute Gasteiger partial charge is 0.251 e. The second-order valence-corrected chi connectivity index (χ2v) is 3.97. The minimum Gasteiger partial charge on any atom is -0.301 e. The van der Waals surface area contributed by atoms with Crippen LogP contribution < -0.4 is 5.56 Å². The highest BCUT2D eigenvalue weighted by atomic mass is 32.2. The molecule has 0 saturated heterocycles. The molecule has 3 nitrogen and oxygen atoms in total. The predicted octanol–water partition coefficient (Wildman–Crippen LogP) is 2.53. The second kappa shape index (κ2) is 5.32. The van der Waals surface area contributed by atoms with E-state index in [2.05, 4.69) is 9.97 Å². The van der Waals surface area contributed by atoms with Gasteiger partial charge in [0.25, 0.3) is 5.56 Å². The molecular weight excluding hydrogens is 220 g/mol. The number of aromatic nitrogens is 2. The van der Waals surface area contributed by atoms with Crippen LogP contribution >= 0.6 is 11.8 Å². The van der Waals surface area contributed by atoms with Crippen LogP contribution in [0.3, 0.4) is 0 Å². The van der Waals surface area contributed by atoms with Gasteiger partial charge in [-0.2, -0.15) is 0 Å². The van der Waals surface area contributed by atoms with E-state index in [9.17, 15) is 4.79 Å². The standard InChI is InChI=1S/C12H10N2OS/c15-11-6-8-13-12(14-11)16-9-7-10-4-2-1-3-5-10/h1-9H,(H,13,14,15)/b9-7-. The Balaban J connectivity index is 2.03. The summed E-state index contributed by atoms with van der Waals surface area (Å²) in [4.78, 5) is 17.7. The molecule has 0 fully saturated rings. The first-order chi connectivity index (χ1) is 7.84. The van der Waals surface area contributed by atoms with Gasteiger partial charge in [0.05, 0.1) is 0 Å². The molecule has 2 rings (SSSR count). The predicted molar refractivity (Wildman–Crippen MR) is 66.2 cm³/mol. The van der Waals surface area contributed by atoms with Crippen molar-refractivity contribution in [3.05, 3.63) is 63.9 Å². The molecule has 1 heterocycles. The minimum absolute atomic E-state index is 0.134. The highest BCUT2D eigenvalue weighted by molar-refractivity contribution is 8.02. The summed E-state index contributed by atoms with van der Waals surface area (Å²) >= 11 is 1.38. The molecule has 0 aliphatic heterocycles. The first-order valence-corrected chi connectivity index (χ1v) is 5.66. The number of benzene rings is 1. The van der Waals surface area contributed by atoms with Crippen molar-refractivity contribution in [1.29, 1.82) is 0 Å². The zero-order valence-corrected chi connectivity index (χ0v) is 9.28. The first kappa shape index (κ1) is 10.7. The Kier molecular flexibility index (Phi) is 3.56. The molecule has 16 heavy (non-hydrogen) atoms. The van der Waals surface area contributed by atoms with Crippen molar-refractivity contribution in [3.8, 4) is 0 Å². The first-order valence-electron chi connectivity index (χ1n) is 4.78. The molecule has 0 atom stereocenters. The minimum atomic E-state index is -0.134. The van der Waals surface area contributed by atoms with E-state index in [1.165, 1.54) is 24.0 Å². The van der Waals surface area contributed by atoms with Gasteiger partial charge in [-0.1, -0.05) is 42.1 Å². The number of hydrogen-bond acceptors (Lipinski definition) is 3. The van der Waals surface area contributed by atoms with Gasteiger partial charge in [-0.3, -0.25) is 4.79 Å². The van der Waals surface area contributed by atoms with E-state index in [1.807, 2.05) is 41.8 Å². The monoisotopic (exact) mass is 230 g/mol. The number of aromatic amines is 1. The number of hydrogen-bond donors (Lipinski definition) is 1. The van der Waals surface area contributed by atoms with Gasteiger partial charge < -0.3 is 4.98 Å². The van der Waals surface area contributed by atoms with Crippen molar-refractivity contribution in [2.75, 3.05) is 0 Å². The lowest BCUT2D eigenvalue weighted by atomic mass is 10.2. The van der Waals surface area contributed by atoms with Crippen LogP contribution in [-0.2, 0) is 0 Å². The van der Waals surface area contributed by atoms with Crippen LogP contribution in [0.4, 0.5) is 0 Å². The van der Waals surface area contributed by atoms with Gasteiger partial charge in [-0.25, -0.2) is 4.98 Å². The van der Waals surface area contributed by atoms with E-state index in [1.54, 1.807) is 0 Å². The number of nitrogens with zero attached hydrogens (tertiary/aromatic N) is 1. The third kappa shape index (κ3) is 3.10. The van der Waals surface area contributed by atoms with E-state index in [4.69, 9.17) is 0 Å². The van der Waals surface area contributed by atoms with Gasteiger partial charge in [0.15, 0.2) is 5.16 Å². The van der Waals surface area contributed by atoms with Crippen molar-refractivity contribution in [1.82, 2.24) is 9.97 Å². The van der Waals surface area contributed by atoms with Gasteiger partial charge in [0, 0.05) is 12.3 Å². The average molecular weight is 230 g/mol. The second-order valence-electron chi connectivity index (χ2n) is 3.07. The van der Waals surface area contributed by atoms with Crippen LogP contribution in [-0.4, -0.2) is 9.97 Å². The summed E-state index contributed by atoms with van der Waals surface area (Å²) in [5.41, 5.74) is 0.985. The van der Waals surface area contributed by atoms with Crippen LogP contribution in [0.25, 0.3) is 6.08 Å². The molecule has 0 bridgehead atoms. The summed E-state index contributed by atoms with van der Waals surface area (Å²) in [5, 5.41) is 2.49. The number of rotatable bonds is 3. The molecule has 0 aliphatic carbocycles. The maximum atomic E-state index is 11.0. The lowest BCUT2D eigenvalue weighted by molar-refractivity contribution is 0.941. The highest BCUT2D eigenvalue weighted by Crippen LogP contribution is 2.13. The lowest BCUT2D eigenvalue weighted by Gasteiger charge is -1.93. The molecule has 0 unspecified atom stereocenters. The molecule has 0 amide bonds. The maximum absolute atomic E-state index is 11.0. The quantitative estimate of drug-likeness (QED) is 0.651. The Labute approximate surface area is 97.3 Å². The van der Waals surface area contributed by atoms with E-state index < -0.39 is 0 Å². The average Bonchev–Trinajstić information content (AvgIpc) is 2.30. The molecule has 0 aliphatic rings. The van der Waals surface area contributed by atoms with Crippen molar-refractivity contribution in [3.63, 3.8) is 0 Å². The summed E-state index contributed by atoms with van der Waals surface area (Å²) in [6.07, 6.45) is 3.47. The lowest BCUT2D eigenvalue weighted by Crippen LogP contribution is -2.04. The summed E-state index contributed by atoms with van der Waals surface area (Å²) < 4.78 is 0. The van der Waals surface area contributed by atoms with Gasteiger partial charge in [0.1, 0.15) is 0 Å². The molecule has 0 radical (unpaired) electrons. The maximum Gasteiger partial charge on any atom is 0.251 e. The van der Waals surface area contributed by atoms with Crippen LogP contribution in [0.5, 0.6) is 0 Å². The van der Waals surface area contributed by atoms with Gasteiger partial charge in [-0.15, -0.1) is 0 Å². The largest absolute Gasteiger partial charge is 0.301 e. The van der Waals surface area contributed by atoms with Gasteiger partial charge in [0.2, 0.25) is 0 Å². The van der Waals surface area contributed by atoms with Crippen molar-refractivity contribution in [2.45, 2.75) is 5.16 Å². The van der Waals surface area contributed by atoms with Crippen LogP contribution in [0.1, 0.15) is 5.56 Å². The fourth-order valence-corrected chi connectivity index (χ4v) is 1.79. The van der Waals surface area contributed by atoms with Crippen LogP contribution in [0.2, 0.25) is 0 Å². The Bertz CT molecular complexity index is 534. The van der Waals surface area contributed by atoms with E-state index in [0.29, 0.717) is 5.16 Å². The molecule has 1 aromatic carbocycles. The molecule has 1 aromatic heterocycles. The Morgan fingerprint density at radius 1 is 1.19 bits per heavy atom. The van der Waals surface area contributed by atoms with Crippen molar-refractivity contribution in [2.24, 2.45) is 0 Å². The van der Waals surface area contributed by atoms with Crippen LogP contribution in [0.15, 0.2) is 58.0 Å². The highest BCUT2D eigenvalue weighted by Gasteiger charge is 1.91.